The molecule has 0 radical (unpaired) electrons. The van der Waals surface area contributed by atoms with Crippen molar-refractivity contribution in [2.24, 2.45) is 5.92 Å². The minimum absolute atomic E-state index is 0.121. The molecule has 10 nitrogen and oxygen atoms in total. The van der Waals surface area contributed by atoms with Gasteiger partial charge in [-0.1, -0.05) is 13.0 Å². The molecular weight excluding hydrogens is 454 g/mol. The first-order chi connectivity index (χ1) is 17.4. The van der Waals surface area contributed by atoms with Crippen LogP contribution in [0.25, 0.3) is 11.0 Å². The molecule has 2 aromatic rings. The number of fused-ring (bicyclic) bond motifs is 2. The molecule has 4 heterocycles. The summed E-state index contributed by atoms with van der Waals surface area (Å²) >= 11 is 0. The molecule has 1 aromatic heterocycles. The fourth-order valence-corrected chi connectivity index (χ4v) is 5.93. The van der Waals surface area contributed by atoms with E-state index in [-0.39, 0.29) is 42.7 Å². The third-order valence-electron chi connectivity index (χ3n) is 7.81. The number of carbonyl (C=O) groups is 1. The molecule has 1 aromatic carbocycles. The number of hydrogen-bond donors (Lipinski definition) is 2. The highest BCUT2D eigenvalue weighted by atomic mass is 16.2. The summed E-state index contributed by atoms with van der Waals surface area (Å²) in [6.07, 6.45) is 6.14. The summed E-state index contributed by atoms with van der Waals surface area (Å²) < 4.78 is 0. The van der Waals surface area contributed by atoms with Crippen LogP contribution in [0, 0.1) is 28.6 Å². The molecule has 3 aliphatic heterocycles. The van der Waals surface area contributed by atoms with E-state index < -0.39 is 5.92 Å². The summed E-state index contributed by atoms with van der Waals surface area (Å²) in [5.74, 6) is -1.08. The second-order valence-electron chi connectivity index (χ2n) is 9.85. The monoisotopic (exact) mass is 485 g/mol. The number of piperidine rings is 1. The minimum atomic E-state index is -0.801. The first-order valence-corrected chi connectivity index (χ1v) is 12.5. The number of amides is 1. The summed E-state index contributed by atoms with van der Waals surface area (Å²) in [6.45, 7) is 8.30. The van der Waals surface area contributed by atoms with Crippen molar-refractivity contribution in [1.29, 1.82) is 10.5 Å². The Morgan fingerprint density at radius 2 is 1.97 bits per heavy atom. The van der Waals surface area contributed by atoms with Crippen molar-refractivity contribution in [3.63, 3.8) is 0 Å². The number of benzene rings is 1. The Morgan fingerprint density at radius 3 is 2.69 bits per heavy atom. The number of hydrazine groups is 1. The van der Waals surface area contributed by atoms with Crippen LogP contribution in [-0.2, 0) is 4.79 Å². The highest BCUT2D eigenvalue weighted by Gasteiger charge is 2.50. The fraction of sp³-hybridized carbons (Fsp3) is 0.500. The maximum atomic E-state index is 12.9. The zero-order chi connectivity index (χ0) is 25.4. The van der Waals surface area contributed by atoms with Crippen molar-refractivity contribution in [3.05, 3.63) is 48.1 Å². The number of nitriles is 2. The van der Waals surface area contributed by atoms with Crippen molar-refractivity contribution in [1.82, 2.24) is 35.5 Å². The summed E-state index contributed by atoms with van der Waals surface area (Å²) in [7, 11) is 0. The summed E-state index contributed by atoms with van der Waals surface area (Å²) in [5.41, 5.74) is 7.03. The van der Waals surface area contributed by atoms with Crippen LogP contribution in [0.5, 0.6) is 0 Å². The highest BCUT2D eigenvalue weighted by molar-refractivity contribution is 5.85. The molecule has 36 heavy (non-hydrogen) atoms. The number of rotatable bonds is 5. The number of aromatic nitrogens is 2. The molecule has 186 valence electrons. The molecule has 0 spiro atoms. The number of nitrogens with zero attached hydrogens (tertiary/aromatic N) is 7. The number of hydrogen-bond acceptors (Lipinski definition) is 9. The second-order valence-corrected chi connectivity index (χ2v) is 9.85. The van der Waals surface area contributed by atoms with Crippen molar-refractivity contribution in [3.8, 4) is 12.1 Å². The van der Waals surface area contributed by atoms with Crippen LogP contribution in [0.4, 0.5) is 0 Å². The van der Waals surface area contributed by atoms with E-state index in [0.29, 0.717) is 0 Å². The van der Waals surface area contributed by atoms with E-state index in [0.717, 1.165) is 36.2 Å². The fourth-order valence-electron chi connectivity index (χ4n) is 5.93. The van der Waals surface area contributed by atoms with Crippen LogP contribution in [0.2, 0.25) is 0 Å². The van der Waals surface area contributed by atoms with Gasteiger partial charge < -0.3 is 5.32 Å². The van der Waals surface area contributed by atoms with Crippen LogP contribution >= 0.6 is 0 Å². The molecule has 6 atom stereocenters. The largest absolute Gasteiger partial charge is 0.326 e. The van der Waals surface area contributed by atoms with E-state index in [1.54, 1.807) is 23.6 Å². The third kappa shape index (κ3) is 4.18. The lowest BCUT2D eigenvalue weighted by Gasteiger charge is -2.52. The van der Waals surface area contributed by atoms with Crippen LogP contribution < -0.4 is 10.7 Å². The molecule has 10 heteroatoms. The van der Waals surface area contributed by atoms with E-state index in [4.69, 9.17) is 5.26 Å². The van der Waals surface area contributed by atoms with Gasteiger partial charge in [0.25, 0.3) is 0 Å². The van der Waals surface area contributed by atoms with E-state index in [1.807, 2.05) is 6.07 Å². The van der Waals surface area contributed by atoms with Gasteiger partial charge in [0.1, 0.15) is 12.5 Å². The number of carbonyl (C=O) groups excluding carboxylic acids is 1. The predicted molar refractivity (Wildman–Crippen MR) is 133 cm³/mol. The van der Waals surface area contributed by atoms with E-state index >= 15 is 0 Å². The van der Waals surface area contributed by atoms with E-state index in [2.05, 4.69) is 75.6 Å². The average molecular weight is 486 g/mol. The lowest BCUT2D eigenvalue weighted by atomic mass is 9.84. The van der Waals surface area contributed by atoms with Crippen molar-refractivity contribution >= 4 is 16.9 Å². The van der Waals surface area contributed by atoms with Gasteiger partial charge in [0.15, 0.2) is 0 Å². The Labute approximate surface area is 211 Å². The summed E-state index contributed by atoms with van der Waals surface area (Å²) in [6, 6.07) is 10.7. The zero-order valence-corrected chi connectivity index (χ0v) is 20.8. The average Bonchev–Trinajstić information content (AvgIpc) is 3.29. The zero-order valence-electron chi connectivity index (χ0n) is 20.8. The van der Waals surface area contributed by atoms with Gasteiger partial charge in [0.2, 0.25) is 5.91 Å². The molecule has 0 saturated carbocycles. The topological polar surface area (TPSA) is 124 Å². The van der Waals surface area contributed by atoms with E-state index in [1.165, 1.54) is 5.56 Å². The quantitative estimate of drug-likeness (QED) is 0.609. The van der Waals surface area contributed by atoms with Crippen LogP contribution in [0.3, 0.4) is 0 Å². The van der Waals surface area contributed by atoms with Crippen molar-refractivity contribution < 1.29 is 4.79 Å². The minimum Gasteiger partial charge on any atom is -0.326 e. The Bertz CT molecular complexity index is 1260. The Morgan fingerprint density at radius 1 is 1.19 bits per heavy atom. The van der Waals surface area contributed by atoms with Gasteiger partial charge in [0, 0.05) is 49.8 Å². The Kier molecular flexibility index (Phi) is 6.59. The molecule has 0 aliphatic carbocycles. The van der Waals surface area contributed by atoms with Gasteiger partial charge >= 0.3 is 0 Å². The van der Waals surface area contributed by atoms with E-state index in [9.17, 15) is 10.1 Å². The number of piperazine rings is 1. The molecule has 5 rings (SSSR count). The molecule has 2 N–H and O–H groups in total. The maximum Gasteiger partial charge on any atom is 0.243 e. The van der Waals surface area contributed by atoms with Gasteiger partial charge in [-0.15, -0.1) is 0 Å². The van der Waals surface area contributed by atoms with Gasteiger partial charge in [-0.2, -0.15) is 10.5 Å². The summed E-state index contributed by atoms with van der Waals surface area (Å²) in [4.78, 5) is 26.6. The molecule has 2 fully saturated rings. The van der Waals surface area contributed by atoms with Crippen molar-refractivity contribution in [2.45, 2.75) is 57.4 Å². The normalized spacial score (nSPS) is 29.7. The maximum absolute atomic E-state index is 12.9. The standard InChI is InChI=1S/C26H31N9O/c1-4-19-14-34(25-20(12-28)26(36)31-23-15-33(10-7-27)32-24(23)25)16(2)13-35(19)17(3)18-5-6-21-22(11-18)30-9-8-29-21/h5-6,8-9,11,15-17,19-20,24-25,32H,4,10,13-14H2,1-3H3,(H,31,36)/t16-,17+,19+,20?,24?,25?/m0/s1. The lowest BCUT2D eigenvalue weighted by Crippen LogP contribution is -2.69. The first kappa shape index (κ1) is 24.1. The molecule has 3 unspecified atom stereocenters. The molecule has 3 aliphatic rings. The molecular formula is C26H31N9O. The second kappa shape index (κ2) is 9.82. The van der Waals surface area contributed by atoms with Crippen molar-refractivity contribution in [2.75, 3.05) is 19.6 Å². The lowest BCUT2D eigenvalue weighted by molar-refractivity contribution is -0.128. The Balaban J connectivity index is 1.41. The molecule has 1 amide bonds. The van der Waals surface area contributed by atoms with Gasteiger partial charge in [-0.3, -0.25) is 29.6 Å². The first-order valence-electron chi connectivity index (χ1n) is 12.5. The van der Waals surface area contributed by atoms with Gasteiger partial charge in [-0.05, 0) is 38.0 Å². The van der Waals surface area contributed by atoms with Crippen LogP contribution in [0.15, 0.2) is 42.5 Å². The summed E-state index contributed by atoms with van der Waals surface area (Å²) in [5, 5.41) is 23.7. The Hall–Kier alpha value is -3.57. The smallest absolute Gasteiger partial charge is 0.243 e. The molecule has 0 bridgehead atoms. The SMILES string of the molecule is CC[C@@H]1CN(C2C(C#N)C(=O)NC3=CN(CC#N)NC32)[C@@H](C)CN1[C@H](C)c1ccc2nccnc2c1. The third-order valence-corrected chi connectivity index (χ3v) is 7.81. The van der Waals surface area contributed by atoms with Crippen LogP contribution in [-0.4, -0.2) is 74.5 Å². The highest BCUT2D eigenvalue weighted by Crippen LogP contribution is 2.35. The predicted octanol–water partition coefficient (Wildman–Crippen LogP) is 1.67. The number of nitrogens with one attached hydrogen (secondary N) is 2. The van der Waals surface area contributed by atoms with Gasteiger partial charge in [-0.25, -0.2) is 5.43 Å². The van der Waals surface area contributed by atoms with Crippen LogP contribution in [0.1, 0.15) is 38.8 Å². The molecule has 2 saturated heterocycles. The van der Waals surface area contributed by atoms with Gasteiger partial charge in [0.05, 0.1) is 41.0 Å².